The van der Waals surface area contributed by atoms with Gasteiger partial charge in [0.2, 0.25) is 5.91 Å². The number of benzene rings is 1. The Morgan fingerprint density at radius 1 is 1.27 bits per heavy atom. The molecule has 1 saturated heterocycles. The number of aromatic nitrogens is 1. The van der Waals surface area contributed by atoms with Crippen LogP contribution in [-0.4, -0.2) is 24.0 Å². The predicted molar refractivity (Wildman–Crippen MR) is 108 cm³/mol. The molecule has 5 heteroatoms. The Morgan fingerprint density at radius 2 is 1.96 bits per heavy atom. The minimum atomic E-state index is -0.00214. The molecular formula is C21H29N3OS. The van der Waals surface area contributed by atoms with Gasteiger partial charge < -0.3 is 10.6 Å². The molecule has 0 unspecified atom stereocenters. The summed E-state index contributed by atoms with van der Waals surface area (Å²) in [5, 5.41) is 7.60. The lowest BCUT2D eigenvalue weighted by atomic mass is 9.84. The summed E-state index contributed by atoms with van der Waals surface area (Å²) in [4.78, 5) is 18.4. The quantitative estimate of drug-likeness (QED) is 0.795. The van der Waals surface area contributed by atoms with Crippen molar-refractivity contribution in [3.8, 4) is 10.6 Å². The number of piperidine rings is 1. The van der Waals surface area contributed by atoms with E-state index in [1.165, 1.54) is 12.8 Å². The summed E-state index contributed by atoms with van der Waals surface area (Å²) in [7, 11) is 0. The van der Waals surface area contributed by atoms with Crippen molar-refractivity contribution in [1.29, 1.82) is 0 Å². The van der Waals surface area contributed by atoms with Crippen molar-refractivity contribution in [2.75, 3.05) is 13.1 Å². The van der Waals surface area contributed by atoms with Gasteiger partial charge in [0.05, 0.1) is 16.6 Å². The highest BCUT2D eigenvalue weighted by Gasteiger charge is 2.23. The van der Waals surface area contributed by atoms with E-state index < -0.39 is 0 Å². The summed E-state index contributed by atoms with van der Waals surface area (Å²) in [6.07, 6.45) is 2.97. The van der Waals surface area contributed by atoms with Crippen LogP contribution < -0.4 is 10.6 Å². The van der Waals surface area contributed by atoms with Crippen LogP contribution in [0.3, 0.4) is 0 Å². The molecule has 0 aliphatic carbocycles. The Hall–Kier alpha value is -1.72. The molecule has 1 aromatic carbocycles. The Labute approximate surface area is 160 Å². The highest BCUT2D eigenvalue weighted by Crippen LogP contribution is 2.32. The van der Waals surface area contributed by atoms with Crippen LogP contribution in [0.2, 0.25) is 0 Å². The number of carbonyl (C=O) groups is 1. The van der Waals surface area contributed by atoms with Crippen LogP contribution in [-0.2, 0) is 4.79 Å². The molecule has 0 bridgehead atoms. The minimum absolute atomic E-state index is 0.00214. The van der Waals surface area contributed by atoms with Crippen molar-refractivity contribution in [3.05, 3.63) is 40.9 Å². The van der Waals surface area contributed by atoms with Crippen LogP contribution >= 0.6 is 11.3 Å². The van der Waals surface area contributed by atoms with E-state index in [0.29, 0.717) is 18.3 Å². The van der Waals surface area contributed by atoms with E-state index in [4.69, 9.17) is 4.98 Å². The molecule has 0 saturated carbocycles. The summed E-state index contributed by atoms with van der Waals surface area (Å²) in [6.45, 7) is 8.46. The topological polar surface area (TPSA) is 54.0 Å². The fourth-order valence-corrected chi connectivity index (χ4v) is 4.83. The van der Waals surface area contributed by atoms with Crippen LogP contribution in [0.4, 0.5) is 0 Å². The van der Waals surface area contributed by atoms with Gasteiger partial charge >= 0.3 is 0 Å². The van der Waals surface area contributed by atoms with Crippen molar-refractivity contribution in [2.45, 2.75) is 46.1 Å². The first-order chi connectivity index (χ1) is 12.5. The highest BCUT2D eigenvalue weighted by atomic mass is 32.1. The second-order valence-corrected chi connectivity index (χ2v) is 8.42. The van der Waals surface area contributed by atoms with Crippen molar-refractivity contribution in [2.24, 2.45) is 11.8 Å². The van der Waals surface area contributed by atoms with Gasteiger partial charge in [0.1, 0.15) is 5.01 Å². The molecule has 1 aliphatic heterocycles. The number of hydrogen-bond donors (Lipinski definition) is 2. The van der Waals surface area contributed by atoms with Crippen molar-refractivity contribution < 1.29 is 4.79 Å². The van der Waals surface area contributed by atoms with E-state index in [1.54, 1.807) is 11.3 Å². The van der Waals surface area contributed by atoms with Gasteiger partial charge in [0.15, 0.2) is 0 Å². The van der Waals surface area contributed by atoms with E-state index in [-0.39, 0.29) is 11.9 Å². The molecule has 1 aromatic heterocycles. The van der Waals surface area contributed by atoms with Crippen molar-refractivity contribution in [3.63, 3.8) is 0 Å². The molecule has 2 atom stereocenters. The number of aryl methyl sites for hydroxylation is 1. The van der Waals surface area contributed by atoms with Gasteiger partial charge in [-0.1, -0.05) is 37.3 Å². The molecule has 140 valence electrons. The van der Waals surface area contributed by atoms with E-state index in [1.807, 2.05) is 25.1 Å². The number of carbonyl (C=O) groups excluding carboxylic acids is 1. The molecule has 1 aliphatic rings. The Kier molecular flexibility index (Phi) is 6.43. The van der Waals surface area contributed by atoms with Gasteiger partial charge in [0, 0.05) is 12.0 Å². The Balaban J connectivity index is 1.60. The molecule has 0 radical (unpaired) electrons. The maximum atomic E-state index is 12.5. The van der Waals surface area contributed by atoms with Gasteiger partial charge in [0.25, 0.3) is 0 Å². The number of hydrogen-bond acceptors (Lipinski definition) is 4. The zero-order valence-electron chi connectivity index (χ0n) is 15.9. The number of thiazole rings is 1. The van der Waals surface area contributed by atoms with Gasteiger partial charge in [-0.15, -0.1) is 11.3 Å². The second-order valence-electron chi connectivity index (χ2n) is 7.39. The van der Waals surface area contributed by atoms with Crippen LogP contribution in [0.5, 0.6) is 0 Å². The van der Waals surface area contributed by atoms with Crippen LogP contribution in [0.15, 0.2) is 30.3 Å². The first-order valence-corrected chi connectivity index (χ1v) is 10.4. The Morgan fingerprint density at radius 3 is 2.65 bits per heavy atom. The molecule has 2 heterocycles. The average molecular weight is 372 g/mol. The van der Waals surface area contributed by atoms with Gasteiger partial charge in [-0.3, -0.25) is 4.79 Å². The van der Waals surface area contributed by atoms with Crippen molar-refractivity contribution >= 4 is 17.2 Å². The average Bonchev–Trinajstić information content (AvgIpc) is 3.05. The predicted octanol–water partition coefficient (Wildman–Crippen LogP) is 4.32. The third-order valence-corrected chi connectivity index (χ3v) is 6.71. The van der Waals surface area contributed by atoms with Crippen molar-refractivity contribution in [1.82, 2.24) is 15.6 Å². The smallest absolute Gasteiger partial charge is 0.220 e. The van der Waals surface area contributed by atoms with E-state index in [0.717, 1.165) is 34.2 Å². The zero-order chi connectivity index (χ0) is 18.5. The molecule has 1 fully saturated rings. The van der Waals surface area contributed by atoms with Gasteiger partial charge in [-0.05, 0) is 51.6 Å². The maximum Gasteiger partial charge on any atom is 0.220 e. The molecular weight excluding hydrogens is 342 g/mol. The first-order valence-electron chi connectivity index (χ1n) is 9.57. The Bertz CT molecular complexity index is 722. The van der Waals surface area contributed by atoms with E-state index in [9.17, 15) is 4.79 Å². The van der Waals surface area contributed by atoms with Gasteiger partial charge in [-0.25, -0.2) is 4.98 Å². The van der Waals surface area contributed by atoms with E-state index in [2.05, 4.69) is 36.6 Å². The summed E-state index contributed by atoms with van der Waals surface area (Å²) in [6, 6.07) is 10.2. The summed E-state index contributed by atoms with van der Waals surface area (Å²) in [5.74, 6) is 1.25. The SMILES string of the molecule is Cc1nc(-c2ccccc2)sc1[C@@H](C)NC(=O)C[C@@H](C)C1CCNCC1. The van der Waals surface area contributed by atoms with Crippen LogP contribution in [0, 0.1) is 18.8 Å². The molecule has 0 spiro atoms. The van der Waals surface area contributed by atoms with Gasteiger partial charge in [-0.2, -0.15) is 0 Å². The van der Waals surface area contributed by atoms with Crippen LogP contribution in [0.25, 0.3) is 10.6 Å². The molecule has 3 rings (SSSR count). The largest absolute Gasteiger partial charge is 0.349 e. The summed E-state index contributed by atoms with van der Waals surface area (Å²) in [5.41, 5.74) is 2.14. The second kappa shape index (κ2) is 8.78. The molecule has 26 heavy (non-hydrogen) atoms. The third-order valence-electron chi connectivity index (χ3n) is 5.32. The maximum absolute atomic E-state index is 12.5. The highest BCUT2D eigenvalue weighted by molar-refractivity contribution is 7.15. The summed E-state index contributed by atoms with van der Waals surface area (Å²) < 4.78 is 0. The molecule has 2 aromatic rings. The van der Waals surface area contributed by atoms with Crippen LogP contribution in [0.1, 0.15) is 49.7 Å². The molecule has 4 nitrogen and oxygen atoms in total. The summed E-state index contributed by atoms with van der Waals surface area (Å²) >= 11 is 1.68. The zero-order valence-corrected chi connectivity index (χ0v) is 16.7. The third kappa shape index (κ3) is 4.71. The number of nitrogens with one attached hydrogen (secondary N) is 2. The monoisotopic (exact) mass is 371 g/mol. The lowest BCUT2D eigenvalue weighted by Gasteiger charge is -2.28. The lowest BCUT2D eigenvalue weighted by Crippen LogP contribution is -2.34. The number of nitrogens with zero attached hydrogens (tertiary/aromatic N) is 1. The molecule has 2 N–H and O–H groups in total. The standard InChI is InChI=1S/C21H29N3OS/c1-14(17-9-11-22-12-10-17)13-19(25)23-15(2)20-16(3)24-21(26-20)18-7-5-4-6-8-18/h4-8,14-15,17,22H,9-13H2,1-3H3,(H,23,25)/t14-,15-/m1/s1. The molecule has 1 amide bonds. The van der Waals surface area contributed by atoms with E-state index >= 15 is 0 Å². The lowest BCUT2D eigenvalue weighted by molar-refractivity contribution is -0.123. The fourth-order valence-electron chi connectivity index (χ4n) is 3.75. The minimum Gasteiger partial charge on any atom is -0.349 e. The number of amides is 1. The normalized spacial score (nSPS) is 17.7. The number of rotatable bonds is 6. The first kappa shape index (κ1) is 19.1. The fraction of sp³-hybridized carbons (Fsp3) is 0.524.